The SMILES string of the molecule is CCC(CNC)CC(CC)CC(C)C. The molecule has 0 heterocycles. The van der Waals surface area contributed by atoms with Crippen molar-refractivity contribution in [3.05, 3.63) is 0 Å². The van der Waals surface area contributed by atoms with Crippen LogP contribution in [0.5, 0.6) is 0 Å². The average Bonchev–Trinajstić information content (AvgIpc) is 2.15. The Morgan fingerprint density at radius 3 is 1.86 bits per heavy atom. The first-order chi connectivity index (χ1) is 6.63. The zero-order valence-corrected chi connectivity index (χ0v) is 10.8. The van der Waals surface area contributed by atoms with Gasteiger partial charge in [-0.25, -0.2) is 0 Å². The molecule has 0 amide bonds. The normalized spacial score (nSPS) is 15.9. The fourth-order valence-corrected chi connectivity index (χ4v) is 2.25. The van der Waals surface area contributed by atoms with Crippen molar-refractivity contribution >= 4 is 0 Å². The van der Waals surface area contributed by atoms with Gasteiger partial charge in [0.05, 0.1) is 0 Å². The Morgan fingerprint density at radius 2 is 1.50 bits per heavy atom. The van der Waals surface area contributed by atoms with Crippen LogP contribution in [-0.4, -0.2) is 13.6 Å². The van der Waals surface area contributed by atoms with Gasteiger partial charge in [0.2, 0.25) is 0 Å². The summed E-state index contributed by atoms with van der Waals surface area (Å²) in [5.74, 6) is 2.67. The summed E-state index contributed by atoms with van der Waals surface area (Å²) in [7, 11) is 2.06. The van der Waals surface area contributed by atoms with Gasteiger partial charge in [-0.1, -0.05) is 40.5 Å². The van der Waals surface area contributed by atoms with Crippen LogP contribution in [-0.2, 0) is 0 Å². The minimum Gasteiger partial charge on any atom is -0.319 e. The molecule has 1 N–H and O–H groups in total. The van der Waals surface area contributed by atoms with E-state index in [1.807, 2.05) is 0 Å². The van der Waals surface area contributed by atoms with Crippen molar-refractivity contribution in [1.82, 2.24) is 5.32 Å². The quantitative estimate of drug-likeness (QED) is 0.628. The van der Waals surface area contributed by atoms with Gasteiger partial charge in [-0.15, -0.1) is 0 Å². The van der Waals surface area contributed by atoms with Gasteiger partial charge < -0.3 is 5.32 Å². The highest BCUT2D eigenvalue weighted by molar-refractivity contribution is 4.67. The molecule has 0 saturated heterocycles. The van der Waals surface area contributed by atoms with Crippen molar-refractivity contribution in [2.24, 2.45) is 17.8 Å². The highest BCUT2D eigenvalue weighted by Crippen LogP contribution is 2.24. The van der Waals surface area contributed by atoms with E-state index in [1.165, 1.54) is 32.2 Å². The van der Waals surface area contributed by atoms with Crippen LogP contribution in [0.3, 0.4) is 0 Å². The van der Waals surface area contributed by atoms with E-state index in [2.05, 4.69) is 40.1 Å². The third kappa shape index (κ3) is 6.42. The van der Waals surface area contributed by atoms with E-state index < -0.39 is 0 Å². The summed E-state index contributed by atoms with van der Waals surface area (Å²) in [5, 5.41) is 3.30. The lowest BCUT2D eigenvalue weighted by atomic mass is 9.85. The zero-order valence-electron chi connectivity index (χ0n) is 10.8. The van der Waals surface area contributed by atoms with Gasteiger partial charge in [0.15, 0.2) is 0 Å². The van der Waals surface area contributed by atoms with Crippen molar-refractivity contribution in [1.29, 1.82) is 0 Å². The topological polar surface area (TPSA) is 12.0 Å². The minimum atomic E-state index is 0.854. The molecule has 1 nitrogen and oxygen atoms in total. The molecule has 0 fully saturated rings. The van der Waals surface area contributed by atoms with Crippen molar-refractivity contribution in [3.63, 3.8) is 0 Å². The molecule has 2 atom stereocenters. The minimum absolute atomic E-state index is 0.854. The molecule has 0 aliphatic carbocycles. The molecule has 0 aromatic rings. The fourth-order valence-electron chi connectivity index (χ4n) is 2.25. The standard InChI is InChI=1S/C13H29N/c1-6-12(8-11(3)4)9-13(7-2)10-14-5/h11-14H,6-10H2,1-5H3. The number of nitrogens with one attached hydrogen (secondary N) is 1. The van der Waals surface area contributed by atoms with Gasteiger partial charge in [-0.3, -0.25) is 0 Å². The van der Waals surface area contributed by atoms with Crippen molar-refractivity contribution in [2.45, 2.75) is 53.4 Å². The van der Waals surface area contributed by atoms with Crippen LogP contribution in [0, 0.1) is 17.8 Å². The van der Waals surface area contributed by atoms with Crippen molar-refractivity contribution in [2.75, 3.05) is 13.6 Å². The Hall–Kier alpha value is -0.0400. The first-order valence-electron chi connectivity index (χ1n) is 6.28. The molecule has 0 aliphatic rings. The third-order valence-electron chi connectivity index (χ3n) is 3.12. The molecule has 0 aromatic heterocycles. The van der Waals surface area contributed by atoms with E-state index >= 15 is 0 Å². The number of rotatable bonds is 8. The monoisotopic (exact) mass is 199 g/mol. The van der Waals surface area contributed by atoms with Crippen LogP contribution < -0.4 is 5.32 Å². The summed E-state index contributed by atoms with van der Waals surface area (Å²) < 4.78 is 0. The fraction of sp³-hybridized carbons (Fsp3) is 1.00. The summed E-state index contributed by atoms with van der Waals surface area (Å²) >= 11 is 0. The highest BCUT2D eigenvalue weighted by Gasteiger charge is 2.14. The first kappa shape index (κ1) is 14.0. The van der Waals surface area contributed by atoms with Crippen LogP contribution in [0.25, 0.3) is 0 Å². The molecule has 0 radical (unpaired) electrons. The maximum atomic E-state index is 3.30. The van der Waals surface area contributed by atoms with E-state index in [0.29, 0.717) is 0 Å². The Balaban J connectivity index is 3.87. The molecule has 0 aromatic carbocycles. The Bertz CT molecular complexity index is 120. The van der Waals surface area contributed by atoms with Crippen LogP contribution in [0.2, 0.25) is 0 Å². The second-order valence-electron chi connectivity index (χ2n) is 4.97. The van der Waals surface area contributed by atoms with Crippen molar-refractivity contribution < 1.29 is 0 Å². The smallest absolute Gasteiger partial charge is 0.00235 e. The summed E-state index contributed by atoms with van der Waals surface area (Å²) in [6.45, 7) is 10.5. The second-order valence-corrected chi connectivity index (χ2v) is 4.97. The second kappa shape index (κ2) is 8.28. The largest absolute Gasteiger partial charge is 0.319 e. The Kier molecular flexibility index (Phi) is 8.26. The van der Waals surface area contributed by atoms with Gasteiger partial charge in [0, 0.05) is 0 Å². The van der Waals surface area contributed by atoms with Gasteiger partial charge in [0.25, 0.3) is 0 Å². The predicted octanol–water partition coefficient (Wildman–Crippen LogP) is 3.69. The van der Waals surface area contributed by atoms with Crippen LogP contribution >= 0.6 is 0 Å². The molecule has 0 bridgehead atoms. The predicted molar refractivity (Wildman–Crippen MR) is 65.6 cm³/mol. The molecule has 0 rings (SSSR count). The van der Waals surface area contributed by atoms with Crippen LogP contribution in [0.1, 0.15) is 53.4 Å². The molecular weight excluding hydrogens is 170 g/mol. The average molecular weight is 199 g/mol. The molecule has 0 aliphatic heterocycles. The van der Waals surface area contributed by atoms with E-state index in [4.69, 9.17) is 0 Å². The number of hydrogen-bond donors (Lipinski definition) is 1. The lowest BCUT2D eigenvalue weighted by molar-refractivity contribution is 0.303. The molecule has 0 saturated carbocycles. The third-order valence-corrected chi connectivity index (χ3v) is 3.12. The summed E-state index contributed by atoms with van der Waals surface area (Å²) in [4.78, 5) is 0. The lowest BCUT2D eigenvalue weighted by Crippen LogP contribution is -2.21. The lowest BCUT2D eigenvalue weighted by Gasteiger charge is -2.23. The van der Waals surface area contributed by atoms with Gasteiger partial charge in [-0.2, -0.15) is 0 Å². The van der Waals surface area contributed by atoms with Crippen molar-refractivity contribution in [3.8, 4) is 0 Å². The summed E-state index contributed by atoms with van der Waals surface area (Å²) in [6.07, 6.45) is 5.47. The molecule has 2 unspecified atom stereocenters. The molecule has 86 valence electrons. The Labute approximate surface area is 90.7 Å². The van der Waals surface area contributed by atoms with E-state index in [0.717, 1.165) is 17.8 Å². The van der Waals surface area contributed by atoms with Crippen LogP contribution in [0.4, 0.5) is 0 Å². The molecular formula is C13H29N. The van der Waals surface area contributed by atoms with E-state index in [-0.39, 0.29) is 0 Å². The van der Waals surface area contributed by atoms with Gasteiger partial charge in [0.1, 0.15) is 0 Å². The number of hydrogen-bond acceptors (Lipinski definition) is 1. The molecule has 0 spiro atoms. The van der Waals surface area contributed by atoms with Gasteiger partial charge in [-0.05, 0) is 44.2 Å². The van der Waals surface area contributed by atoms with Crippen LogP contribution in [0.15, 0.2) is 0 Å². The van der Waals surface area contributed by atoms with Gasteiger partial charge >= 0.3 is 0 Å². The Morgan fingerprint density at radius 1 is 0.929 bits per heavy atom. The molecule has 14 heavy (non-hydrogen) atoms. The maximum Gasteiger partial charge on any atom is -0.00235 e. The van der Waals surface area contributed by atoms with E-state index in [9.17, 15) is 0 Å². The van der Waals surface area contributed by atoms with E-state index in [1.54, 1.807) is 0 Å². The molecule has 1 heteroatoms. The summed E-state index contributed by atoms with van der Waals surface area (Å²) in [6, 6.07) is 0. The summed E-state index contributed by atoms with van der Waals surface area (Å²) in [5.41, 5.74) is 0. The zero-order chi connectivity index (χ0) is 11.0. The first-order valence-corrected chi connectivity index (χ1v) is 6.28. The maximum absolute atomic E-state index is 3.30. The highest BCUT2D eigenvalue weighted by atomic mass is 14.8.